The Morgan fingerprint density at radius 1 is 1.05 bits per heavy atom. The van der Waals surface area contributed by atoms with Crippen LogP contribution in [-0.4, -0.2) is 17.8 Å². The zero-order valence-electron chi connectivity index (χ0n) is 10.2. The first-order valence-corrected chi connectivity index (χ1v) is 5.66. The summed E-state index contributed by atoms with van der Waals surface area (Å²) in [5.41, 5.74) is 0.977. The molecule has 1 aromatic carbocycles. The van der Waals surface area contributed by atoms with Crippen LogP contribution >= 0.6 is 0 Å². The molecule has 2 N–H and O–H groups in total. The number of hydrogen-bond acceptors (Lipinski definition) is 4. The number of hydrogen-bond donors (Lipinski definition) is 2. The Bertz CT molecular complexity index is 674. The van der Waals surface area contributed by atoms with Crippen molar-refractivity contribution in [1.29, 1.82) is 5.26 Å². The highest BCUT2D eigenvalue weighted by Crippen LogP contribution is 2.10. The van der Waals surface area contributed by atoms with E-state index < -0.39 is 17.8 Å². The van der Waals surface area contributed by atoms with Crippen molar-refractivity contribution in [3.8, 4) is 6.07 Å². The normalized spacial score (nSPS) is 14.8. The van der Waals surface area contributed by atoms with E-state index in [1.807, 2.05) is 16.7 Å². The van der Waals surface area contributed by atoms with Gasteiger partial charge in [0.25, 0.3) is 11.8 Å². The van der Waals surface area contributed by atoms with Crippen molar-refractivity contribution in [3.63, 3.8) is 0 Å². The molecule has 0 spiro atoms. The minimum atomic E-state index is -0.837. The van der Waals surface area contributed by atoms with Gasteiger partial charge in [-0.3, -0.25) is 20.2 Å². The van der Waals surface area contributed by atoms with Gasteiger partial charge in [-0.25, -0.2) is 4.79 Å². The topological polar surface area (TPSA) is 99.1 Å². The second-order valence-electron chi connectivity index (χ2n) is 3.88. The minimum absolute atomic E-state index is 0.171. The standard InChI is InChI=1S/C14H9N3O3/c15-8-10-5-2-1-4-9(10)6-3-7-11-12(18)16-14(20)17-13(11)19/h1-7H,(H2,16,17,18,19,20)/b6-3+. The number of amides is 4. The Labute approximate surface area is 114 Å². The molecule has 1 saturated heterocycles. The average Bonchev–Trinajstić information content (AvgIpc) is 2.42. The second kappa shape index (κ2) is 5.63. The number of imide groups is 2. The fourth-order valence-corrected chi connectivity index (χ4v) is 1.62. The first-order chi connectivity index (χ1) is 9.61. The van der Waals surface area contributed by atoms with Crippen LogP contribution in [0.5, 0.6) is 0 Å². The van der Waals surface area contributed by atoms with Crippen molar-refractivity contribution >= 4 is 23.9 Å². The summed E-state index contributed by atoms with van der Waals surface area (Å²) in [5.74, 6) is -1.51. The highest BCUT2D eigenvalue weighted by molar-refractivity contribution is 6.29. The van der Waals surface area contributed by atoms with Crippen LogP contribution in [0.15, 0.2) is 42.0 Å². The summed E-state index contributed by atoms with van der Waals surface area (Å²) in [6.07, 6.45) is 4.36. The van der Waals surface area contributed by atoms with E-state index in [1.54, 1.807) is 30.3 Å². The second-order valence-corrected chi connectivity index (χ2v) is 3.88. The Kier molecular flexibility index (Phi) is 3.72. The van der Waals surface area contributed by atoms with Gasteiger partial charge in [0.2, 0.25) is 0 Å². The van der Waals surface area contributed by atoms with Crippen molar-refractivity contribution in [2.24, 2.45) is 0 Å². The van der Waals surface area contributed by atoms with Crippen LogP contribution in [0, 0.1) is 11.3 Å². The third-order valence-corrected chi connectivity index (χ3v) is 2.56. The van der Waals surface area contributed by atoms with E-state index in [1.165, 1.54) is 12.2 Å². The largest absolute Gasteiger partial charge is 0.328 e. The lowest BCUT2D eigenvalue weighted by Gasteiger charge is -2.12. The van der Waals surface area contributed by atoms with Crippen molar-refractivity contribution in [3.05, 3.63) is 53.1 Å². The first-order valence-electron chi connectivity index (χ1n) is 5.66. The molecule has 1 aromatic rings. The van der Waals surface area contributed by atoms with Gasteiger partial charge in [0.15, 0.2) is 0 Å². The van der Waals surface area contributed by atoms with E-state index in [0.29, 0.717) is 11.1 Å². The number of rotatable bonds is 2. The minimum Gasteiger partial charge on any atom is -0.273 e. The molecule has 98 valence electrons. The fraction of sp³-hybridized carbons (Fsp3) is 0. The van der Waals surface area contributed by atoms with Gasteiger partial charge in [-0.15, -0.1) is 0 Å². The summed E-state index contributed by atoms with van der Waals surface area (Å²) in [5, 5.41) is 12.8. The molecular weight excluding hydrogens is 258 g/mol. The van der Waals surface area contributed by atoms with Gasteiger partial charge in [0.1, 0.15) is 5.57 Å². The molecule has 0 bridgehead atoms. The molecule has 6 nitrogen and oxygen atoms in total. The molecular formula is C14H9N3O3. The summed E-state index contributed by atoms with van der Waals surface area (Å²) in [6, 6.07) is 8.10. The number of urea groups is 1. The van der Waals surface area contributed by atoms with Gasteiger partial charge in [0.05, 0.1) is 11.6 Å². The molecule has 0 aromatic heterocycles. The van der Waals surface area contributed by atoms with E-state index >= 15 is 0 Å². The Hall–Kier alpha value is -3.20. The van der Waals surface area contributed by atoms with Crippen molar-refractivity contribution in [2.45, 2.75) is 0 Å². The SMILES string of the molecule is N#Cc1ccccc1/C=C/C=C1C(=O)NC(=O)NC1=O. The van der Waals surface area contributed by atoms with E-state index in [-0.39, 0.29) is 5.57 Å². The number of nitrogens with zero attached hydrogens (tertiary/aromatic N) is 1. The van der Waals surface area contributed by atoms with Crippen LogP contribution in [0.25, 0.3) is 6.08 Å². The maximum absolute atomic E-state index is 11.4. The third-order valence-electron chi connectivity index (χ3n) is 2.56. The maximum atomic E-state index is 11.4. The van der Waals surface area contributed by atoms with Crippen molar-refractivity contribution in [1.82, 2.24) is 10.6 Å². The fourth-order valence-electron chi connectivity index (χ4n) is 1.62. The van der Waals surface area contributed by atoms with Crippen LogP contribution in [0.2, 0.25) is 0 Å². The number of benzene rings is 1. The number of nitrogens with one attached hydrogen (secondary N) is 2. The smallest absolute Gasteiger partial charge is 0.273 e. The summed E-state index contributed by atoms with van der Waals surface area (Å²) >= 11 is 0. The van der Waals surface area contributed by atoms with E-state index in [9.17, 15) is 14.4 Å². The lowest BCUT2D eigenvalue weighted by atomic mass is 10.1. The molecule has 1 heterocycles. The van der Waals surface area contributed by atoms with Crippen LogP contribution in [-0.2, 0) is 9.59 Å². The van der Waals surface area contributed by atoms with Gasteiger partial charge in [-0.2, -0.15) is 5.26 Å². The number of carbonyl (C=O) groups excluding carboxylic acids is 3. The van der Waals surface area contributed by atoms with Crippen LogP contribution in [0.1, 0.15) is 11.1 Å². The molecule has 1 aliphatic heterocycles. The Morgan fingerprint density at radius 2 is 1.70 bits per heavy atom. The zero-order valence-corrected chi connectivity index (χ0v) is 10.2. The number of nitriles is 1. The molecule has 6 heteroatoms. The Balaban J connectivity index is 2.22. The third kappa shape index (κ3) is 2.79. The highest BCUT2D eigenvalue weighted by atomic mass is 16.2. The molecule has 20 heavy (non-hydrogen) atoms. The molecule has 0 aliphatic carbocycles. The van der Waals surface area contributed by atoms with Crippen molar-refractivity contribution < 1.29 is 14.4 Å². The molecule has 0 saturated carbocycles. The lowest BCUT2D eigenvalue weighted by molar-refractivity contribution is -0.124. The molecule has 0 radical (unpaired) electrons. The van der Waals surface area contributed by atoms with Crippen molar-refractivity contribution in [2.75, 3.05) is 0 Å². The maximum Gasteiger partial charge on any atom is 0.328 e. The summed E-state index contributed by atoms with van der Waals surface area (Å²) in [6.45, 7) is 0. The lowest BCUT2D eigenvalue weighted by Crippen LogP contribution is -2.51. The van der Waals surface area contributed by atoms with E-state index in [0.717, 1.165) is 0 Å². The summed E-state index contributed by atoms with van der Waals surface area (Å²) < 4.78 is 0. The zero-order chi connectivity index (χ0) is 14.5. The van der Waals surface area contributed by atoms with Crippen LogP contribution in [0.3, 0.4) is 0 Å². The average molecular weight is 267 g/mol. The molecule has 1 fully saturated rings. The summed E-state index contributed by atoms with van der Waals surface area (Å²) in [7, 11) is 0. The van der Waals surface area contributed by atoms with Gasteiger partial charge in [-0.1, -0.05) is 30.4 Å². The monoisotopic (exact) mass is 267 g/mol. The number of carbonyl (C=O) groups is 3. The highest BCUT2D eigenvalue weighted by Gasteiger charge is 2.26. The van der Waals surface area contributed by atoms with Crippen LogP contribution in [0.4, 0.5) is 4.79 Å². The van der Waals surface area contributed by atoms with Gasteiger partial charge < -0.3 is 0 Å². The van der Waals surface area contributed by atoms with Gasteiger partial charge in [-0.05, 0) is 17.7 Å². The van der Waals surface area contributed by atoms with E-state index in [2.05, 4.69) is 0 Å². The molecule has 1 aliphatic rings. The van der Waals surface area contributed by atoms with Crippen LogP contribution < -0.4 is 10.6 Å². The van der Waals surface area contributed by atoms with E-state index in [4.69, 9.17) is 5.26 Å². The number of allylic oxidation sites excluding steroid dienone is 2. The van der Waals surface area contributed by atoms with Gasteiger partial charge in [0, 0.05) is 0 Å². The quantitative estimate of drug-likeness (QED) is 0.613. The summed E-state index contributed by atoms with van der Waals surface area (Å²) in [4.78, 5) is 33.7. The molecule has 2 rings (SSSR count). The molecule has 0 atom stereocenters. The first kappa shape index (κ1) is 13.2. The predicted octanol–water partition coefficient (Wildman–Crippen LogP) is 0.864. The van der Waals surface area contributed by atoms with Gasteiger partial charge >= 0.3 is 6.03 Å². The molecule has 0 unspecified atom stereocenters. The predicted molar refractivity (Wildman–Crippen MR) is 70.0 cm³/mol. The Morgan fingerprint density at radius 3 is 2.35 bits per heavy atom. The number of barbiturate groups is 1. The molecule has 4 amide bonds.